The summed E-state index contributed by atoms with van der Waals surface area (Å²) >= 11 is 0. The Morgan fingerprint density at radius 1 is 1.88 bits per heavy atom. The Balaban J connectivity index is 3.69. The lowest BCUT2D eigenvalue weighted by Crippen LogP contribution is -2.12. The molecule has 0 aromatic heterocycles. The molecule has 3 heteroatoms. The van der Waals surface area contributed by atoms with E-state index in [0.717, 1.165) is 0 Å². The summed E-state index contributed by atoms with van der Waals surface area (Å²) < 4.78 is 0. The number of carboxylic acids is 1. The number of hydrogen-bond acceptors (Lipinski definition) is 2. The van der Waals surface area contributed by atoms with E-state index in [1.807, 2.05) is 0 Å². The summed E-state index contributed by atoms with van der Waals surface area (Å²) in [6, 6.07) is 0. The van der Waals surface area contributed by atoms with Crippen molar-refractivity contribution in [1.82, 2.24) is 0 Å². The Morgan fingerprint density at radius 2 is 2.38 bits per heavy atom. The van der Waals surface area contributed by atoms with Gasteiger partial charge in [-0.25, -0.2) is 0 Å². The van der Waals surface area contributed by atoms with Gasteiger partial charge in [0, 0.05) is 0 Å². The van der Waals surface area contributed by atoms with E-state index < -0.39 is 11.9 Å². The highest BCUT2D eigenvalue weighted by atomic mass is 16.4. The molecule has 46 valence electrons. The minimum atomic E-state index is -1.04. The molecule has 1 atom stereocenters. The summed E-state index contributed by atoms with van der Waals surface area (Å²) in [5.74, 6) is -1.85. The Morgan fingerprint density at radius 3 is 2.38 bits per heavy atom. The maximum Gasteiger partial charge on any atom is 0.313 e. The van der Waals surface area contributed by atoms with Gasteiger partial charge >= 0.3 is 5.97 Å². The second-order valence-electron chi connectivity index (χ2n) is 1.49. The van der Waals surface area contributed by atoms with Gasteiger partial charge in [0.2, 0.25) is 0 Å². The first-order chi connectivity index (χ1) is 3.72. The zero-order valence-corrected chi connectivity index (χ0v) is 4.63. The van der Waals surface area contributed by atoms with Crippen molar-refractivity contribution in [2.45, 2.75) is 13.3 Å². The summed E-state index contributed by atoms with van der Waals surface area (Å²) in [5.41, 5.74) is 0. The molecule has 1 N–H and O–H groups in total. The van der Waals surface area contributed by atoms with Crippen LogP contribution in [-0.2, 0) is 9.59 Å². The van der Waals surface area contributed by atoms with Gasteiger partial charge in [-0.2, -0.15) is 0 Å². The topological polar surface area (TPSA) is 54.4 Å². The first-order valence-corrected chi connectivity index (χ1v) is 2.40. The predicted molar refractivity (Wildman–Crippen MR) is 27.5 cm³/mol. The Hall–Kier alpha value is -0.860. The molecule has 0 amide bonds. The van der Waals surface area contributed by atoms with E-state index in [4.69, 9.17) is 5.11 Å². The monoisotopic (exact) mass is 116 g/mol. The summed E-state index contributed by atoms with van der Waals surface area (Å²) in [7, 11) is 0. The van der Waals surface area contributed by atoms with Crippen molar-refractivity contribution in [3.8, 4) is 0 Å². The van der Waals surface area contributed by atoms with Gasteiger partial charge in [-0.3, -0.25) is 4.79 Å². The van der Waals surface area contributed by atoms with Crippen LogP contribution in [0.1, 0.15) is 13.3 Å². The van der Waals surface area contributed by atoms with Crippen molar-refractivity contribution >= 4 is 12.3 Å². The van der Waals surface area contributed by atoms with E-state index in [1.54, 1.807) is 6.92 Å². The predicted octanol–water partition coefficient (Wildman–Crippen LogP) is 0.296. The highest BCUT2D eigenvalue weighted by molar-refractivity contribution is 5.86. The van der Waals surface area contributed by atoms with Crippen molar-refractivity contribution in [1.29, 1.82) is 0 Å². The van der Waals surface area contributed by atoms with Crippen LogP contribution in [0.3, 0.4) is 0 Å². The maximum atomic E-state index is 9.93. The number of aldehydes is 1. The Kier molecular flexibility index (Phi) is 2.84. The number of carbonyl (C=O) groups excluding carboxylic acids is 1. The Labute approximate surface area is 47.3 Å². The summed E-state index contributed by atoms with van der Waals surface area (Å²) in [6.07, 6.45) is 0.821. The molecular formula is C5H8O3. The molecule has 8 heavy (non-hydrogen) atoms. The van der Waals surface area contributed by atoms with Gasteiger partial charge in [0.1, 0.15) is 12.2 Å². The average Bonchev–Trinajstić information content (AvgIpc) is 1.69. The standard InChI is InChI=1S/C5H8O3/c1-2-4(3-6)5(7)8/h3-4H,2H2,1H3,(H,7,8). The lowest BCUT2D eigenvalue weighted by molar-refractivity contribution is -0.143. The van der Waals surface area contributed by atoms with Gasteiger partial charge in [-0.05, 0) is 6.42 Å². The smallest absolute Gasteiger partial charge is 0.313 e. The third-order valence-electron chi connectivity index (χ3n) is 0.921. The van der Waals surface area contributed by atoms with Crippen molar-refractivity contribution in [2.75, 3.05) is 0 Å². The molecule has 0 aliphatic heterocycles. The van der Waals surface area contributed by atoms with E-state index in [9.17, 15) is 9.59 Å². The summed E-state index contributed by atoms with van der Waals surface area (Å²) in [5, 5.41) is 8.14. The minimum absolute atomic E-state index is 0.374. The van der Waals surface area contributed by atoms with Crippen molar-refractivity contribution < 1.29 is 14.7 Å². The van der Waals surface area contributed by atoms with E-state index >= 15 is 0 Å². The van der Waals surface area contributed by atoms with E-state index in [0.29, 0.717) is 12.7 Å². The van der Waals surface area contributed by atoms with Crippen LogP contribution >= 0.6 is 0 Å². The van der Waals surface area contributed by atoms with E-state index in [2.05, 4.69) is 0 Å². The molecule has 0 bridgehead atoms. The van der Waals surface area contributed by atoms with Crippen molar-refractivity contribution in [2.24, 2.45) is 5.92 Å². The van der Waals surface area contributed by atoms with Crippen LogP contribution in [0.2, 0.25) is 0 Å². The SMILES string of the molecule is CCC(C=O)C(=O)O. The summed E-state index contributed by atoms with van der Waals surface area (Å²) in [4.78, 5) is 19.7. The van der Waals surface area contributed by atoms with Gasteiger partial charge in [0.25, 0.3) is 0 Å². The third kappa shape index (κ3) is 1.73. The lowest BCUT2D eigenvalue weighted by Gasteiger charge is -1.95. The number of carboxylic acid groups (broad SMARTS) is 1. The zero-order chi connectivity index (χ0) is 6.57. The van der Waals surface area contributed by atoms with Crippen molar-refractivity contribution in [3.05, 3.63) is 0 Å². The number of aliphatic carboxylic acids is 1. The van der Waals surface area contributed by atoms with Crippen LogP contribution in [0, 0.1) is 5.92 Å². The highest BCUT2D eigenvalue weighted by Crippen LogP contribution is 1.95. The van der Waals surface area contributed by atoms with E-state index in [-0.39, 0.29) is 0 Å². The van der Waals surface area contributed by atoms with Gasteiger partial charge in [0.15, 0.2) is 0 Å². The molecule has 0 heterocycles. The fraction of sp³-hybridized carbons (Fsp3) is 0.600. The van der Waals surface area contributed by atoms with Gasteiger partial charge < -0.3 is 9.90 Å². The molecular weight excluding hydrogens is 108 g/mol. The van der Waals surface area contributed by atoms with Gasteiger partial charge in [-0.15, -0.1) is 0 Å². The minimum Gasteiger partial charge on any atom is -0.481 e. The number of rotatable bonds is 3. The second-order valence-corrected chi connectivity index (χ2v) is 1.49. The second kappa shape index (κ2) is 3.18. The van der Waals surface area contributed by atoms with Crippen LogP contribution in [0.5, 0.6) is 0 Å². The van der Waals surface area contributed by atoms with Crippen LogP contribution in [0.4, 0.5) is 0 Å². The van der Waals surface area contributed by atoms with Crippen LogP contribution in [0.15, 0.2) is 0 Å². The Bertz CT molecular complexity index is 97.8. The summed E-state index contributed by atoms with van der Waals surface area (Å²) in [6.45, 7) is 1.66. The van der Waals surface area contributed by atoms with Crippen molar-refractivity contribution in [3.63, 3.8) is 0 Å². The molecule has 0 fully saturated rings. The quantitative estimate of drug-likeness (QED) is 0.426. The number of carbonyl (C=O) groups is 2. The van der Waals surface area contributed by atoms with E-state index in [1.165, 1.54) is 0 Å². The van der Waals surface area contributed by atoms with Gasteiger partial charge in [0.05, 0.1) is 0 Å². The molecule has 0 saturated carbocycles. The molecule has 0 aliphatic rings. The molecule has 0 spiro atoms. The first-order valence-electron chi connectivity index (χ1n) is 2.40. The first kappa shape index (κ1) is 7.14. The lowest BCUT2D eigenvalue weighted by atomic mass is 10.1. The maximum absolute atomic E-state index is 9.93. The van der Waals surface area contributed by atoms with Crippen LogP contribution in [-0.4, -0.2) is 17.4 Å². The zero-order valence-electron chi connectivity index (χ0n) is 4.63. The average molecular weight is 116 g/mol. The largest absolute Gasteiger partial charge is 0.481 e. The fourth-order valence-electron chi connectivity index (χ4n) is 0.329. The molecule has 0 rings (SSSR count). The molecule has 0 aromatic carbocycles. The molecule has 3 nitrogen and oxygen atoms in total. The van der Waals surface area contributed by atoms with Crippen LogP contribution < -0.4 is 0 Å². The fourth-order valence-corrected chi connectivity index (χ4v) is 0.329. The molecule has 0 saturated heterocycles. The van der Waals surface area contributed by atoms with Crippen LogP contribution in [0.25, 0.3) is 0 Å². The molecule has 0 aromatic rings. The molecule has 0 aliphatic carbocycles. The normalized spacial score (nSPS) is 12.6. The number of hydrogen-bond donors (Lipinski definition) is 1. The highest BCUT2D eigenvalue weighted by Gasteiger charge is 2.11. The molecule has 0 radical (unpaired) electrons. The third-order valence-corrected chi connectivity index (χ3v) is 0.921. The molecule has 1 unspecified atom stereocenters. The van der Waals surface area contributed by atoms with Gasteiger partial charge in [-0.1, -0.05) is 6.92 Å².